The number of thioether (sulfide) groups is 1. The summed E-state index contributed by atoms with van der Waals surface area (Å²) in [6.07, 6.45) is 5.04. The first-order chi connectivity index (χ1) is 16.5. The first-order valence-corrected chi connectivity index (χ1v) is 12.2. The summed E-state index contributed by atoms with van der Waals surface area (Å²) >= 11 is 1.37. The Labute approximate surface area is 202 Å². The number of hydrogen-bond donors (Lipinski definition) is 2. The fourth-order valence-corrected chi connectivity index (χ4v) is 4.86. The monoisotopic (exact) mass is 481 g/mol. The molecule has 0 saturated carbocycles. The van der Waals surface area contributed by atoms with Crippen molar-refractivity contribution >= 4 is 46.0 Å². The van der Waals surface area contributed by atoms with E-state index >= 15 is 0 Å². The molecule has 2 aliphatic heterocycles. The van der Waals surface area contributed by atoms with Crippen molar-refractivity contribution in [3.63, 3.8) is 0 Å². The van der Waals surface area contributed by atoms with Crippen LogP contribution in [0.1, 0.15) is 43.0 Å². The average molecular weight is 482 g/mol. The third-order valence-corrected chi connectivity index (χ3v) is 6.67. The van der Waals surface area contributed by atoms with Crippen molar-refractivity contribution in [1.29, 1.82) is 0 Å². The maximum absolute atomic E-state index is 12.6. The number of nitrogens with one attached hydrogen (secondary N) is 2. The van der Waals surface area contributed by atoms with Crippen LogP contribution in [-0.2, 0) is 9.59 Å². The van der Waals surface area contributed by atoms with Crippen LogP contribution in [0.25, 0.3) is 0 Å². The molecule has 4 rings (SSSR count). The Kier molecular flexibility index (Phi) is 7.79. The fraction of sp³-hybridized carbons (Fsp3) is 0.375. The van der Waals surface area contributed by atoms with Gasteiger partial charge >= 0.3 is 0 Å². The Bertz CT molecular complexity index is 1080. The van der Waals surface area contributed by atoms with Gasteiger partial charge in [-0.25, -0.2) is 4.98 Å². The van der Waals surface area contributed by atoms with Gasteiger partial charge in [-0.3, -0.25) is 14.4 Å². The molecule has 2 aliphatic rings. The molecule has 1 saturated heterocycles. The summed E-state index contributed by atoms with van der Waals surface area (Å²) in [5, 5.41) is 5.82. The lowest BCUT2D eigenvalue weighted by atomic mass is 10.1. The van der Waals surface area contributed by atoms with Crippen LogP contribution in [0.2, 0.25) is 0 Å². The lowest BCUT2D eigenvalue weighted by molar-refractivity contribution is -0.121. The lowest BCUT2D eigenvalue weighted by Gasteiger charge is -2.27. The standard InChI is InChI=1S/C24H27N5O4S/c1-2-33-23-18(7-6-12-25-23)27-21(31)16-8-10-17(11-9-16)26-20(30)15-19-22(32)28-24(34-19)29-13-4-3-5-14-29/h6-12,19H,2-5,13-15H2,1H3,(H,26,30)(H,27,31). The van der Waals surface area contributed by atoms with Crippen LogP contribution in [0.15, 0.2) is 47.6 Å². The highest BCUT2D eigenvalue weighted by molar-refractivity contribution is 8.15. The Morgan fingerprint density at radius 3 is 2.62 bits per heavy atom. The van der Waals surface area contributed by atoms with Crippen LogP contribution in [0.4, 0.5) is 11.4 Å². The van der Waals surface area contributed by atoms with Gasteiger partial charge in [0.25, 0.3) is 11.8 Å². The Morgan fingerprint density at radius 2 is 1.88 bits per heavy atom. The van der Waals surface area contributed by atoms with Crippen molar-refractivity contribution in [3.05, 3.63) is 48.2 Å². The normalized spacial score (nSPS) is 17.8. The van der Waals surface area contributed by atoms with E-state index in [-0.39, 0.29) is 24.1 Å². The van der Waals surface area contributed by atoms with E-state index in [2.05, 4.69) is 25.5 Å². The molecule has 1 unspecified atom stereocenters. The van der Waals surface area contributed by atoms with Gasteiger partial charge < -0.3 is 20.3 Å². The first-order valence-electron chi connectivity index (χ1n) is 11.4. The van der Waals surface area contributed by atoms with Gasteiger partial charge in [0.1, 0.15) is 10.9 Å². The van der Waals surface area contributed by atoms with Crippen molar-refractivity contribution in [2.45, 2.75) is 37.9 Å². The van der Waals surface area contributed by atoms with Gasteiger partial charge in [-0.2, -0.15) is 4.99 Å². The van der Waals surface area contributed by atoms with E-state index < -0.39 is 5.25 Å². The summed E-state index contributed by atoms with van der Waals surface area (Å²) in [7, 11) is 0. The number of anilines is 2. The zero-order valence-electron chi connectivity index (χ0n) is 19.0. The van der Waals surface area contributed by atoms with Crippen LogP contribution >= 0.6 is 11.8 Å². The van der Waals surface area contributed by atoms with Crippen molar-refractivity contribution in [3.8, 4) is 5.88 Å². The summed E-state index contributed by atoms with van der Waals surface area (Å²) < 4.78 is 5.43. The van der Waals surface area contributed by atoms with E-state index in [9.17, 15) is 14.4 Å². The highest BCUT2D eigenvalue weighted by Gasteiger charge is 2.33. The summed E-state index contributed by atoms with van der Waals surface area (Å²) in [5.41, 5.74) is 1.45. The van der Waals surface area contributed by atoms with E-state index in [4.69, 9.17) is 4.74 Å². The minimum absolute atomic E-state index is 0.0494. The second-order valence-corrected chi connectivity index (χ2v) is 9.13. The molecular formula is C24H27N5O4S. The predicted octanol–water partition coefficient (Wildman–Crippen LogP) is 3.55. The van der Waals surface area contributed by atoms with E-state index in [1.165, 1.54) is 18.2 Å². The summed E-state index contributed by atoms with van der Waals surface area (Å²) in [5.74, 6) is -0.486. The SMILES string of the molecule is CCOc1ncccc1NC(=O)c1ccc(NC(=O)CC2SC(N3CCCCC3)=NC2=O)cc1. The van der Waals surface area contributed by atoms with Gasteiger partial charge in [0.2, 0.25) is 11.8 Å². The van der Waals surface area contributed by atoms with Gasteiger partial charge in [-0.15, -0.1) is 0 Å². The number of nitrogens with zero attached hydrogens (tertiary/aromatic N) is 3. The van der Waals surface area contributed by atoms with Crippen LogP contribution < -0.4 is 15.4 Å². The number of benzene rings is 1. The van der Waals surface area contributed by atoms with Crippen LogP contribution in [0, 0.1) is 0 Å². The summed E-state index contributed by atoms with van der Waals surface area (Å²) in [6.45, 7) is 4.09. The Balaban J connectivity index is 1.29. The van der Waals surface area contributed by atoms with E-state index in [1.807, 2.05) is 6.92 Å². The number of amidine groups is 1. The molecule has 1 fully saturated rings. The van der Waals surface area contributed by atoms with Crippen LogP contribution in [0.3, 0.4) is 0 Å². The molecular weight excluding hydrogens is 454 g/mol. The molecule has 0 radical (unpaired) electrons. The maximum atomic E-state index is 12.6. The predicted molar refractivity (Wildman–Crippen MR) is 132 cm³/mol. The van der Waals surface area contributed by atoms with Crippen molar-refractivity contribution < 1.29 is 19.1 Å². The molecule has 2 aromatic rings. The number of ether oxygens (including phenoxy) is 1. The zero-order chi connectivity index (χ0) is 23.9. The van der Waals surface area contributed by atoms with Crippen molar-refractivity contribution in [2.24, 2.45) is 4.99 Å². The third-order valence-electron chi connectivity index (χ3n) is 5.46. The number of pyridine rings is 1. The molecule has 1 aromatic heterocycles. The van der Waals surface area contributed by atoms with Gasteiger partial charge in [0, 0.05) is 37.0 Å². The van der Waals surface area contributed by atoms with E-state index in [0.717, 1.165) is 31.1 Å². The number of piperidine rings is 1. The average Bonchev–Trinajstić information content (AvgIpc) is 3.21. The smallest absolute Gasteiger partial charge is 0.262 e. The molecule has 2 N–H and O–H groups in total. The number of amides is 3. The molecule has 178 valence electrons. The van der Waals surface area contributed by atoms with Crippen molar-refractivity contribution in [1.82, 2.24) is 9.88 Å². The first kappa shape index (κ1) is 23.7. The quantitative estimate of drug-likeness (QED) is 0.622. The largest absolute Gasteiger partial charge is 0.476 e. The molecule has 3 heterocycles. The molecule has 1 atom stereocenters. The Morgan fingerprint density at radius 1 is 1.12 bits per heavy atom. The molecule has 3 amide bonds. The summed E-state index contributed by atoms with van der Waals surface area (Å²) in [4.78, 5) is 47.8. The zero-order valence-corrected chi connectivity index (χ0v) is 19.8. The second-order valence-electron chi connectivity index (χ2n) is 7.96. The number of aromatic nitrogens is 1. The topological polar surface area (TPSA) is 113 Å². The molecule has 0 aliphatic carbocycles. The number of aliphatic imine (C=N–C) groups is 1. The van der Waals surface area contributed by atoms with Gasteiger partial charge in [0.15, 0.2) is 5.17 Å². The summed E-state index contributed by atoms with van der Waals surface area (Å²) in [6, 6.07) is 9.97. The molecule has 0 spiro atoms. The van der Waals surface area contributed by atoms with E-state index in [1.54, 1.807) is 42.6 Å². The van der Waals surface area contributed by atoms with Crippen molar-refractivity contribution in [2.75, 3.05) is 30.3 Å². The Hall–Kier alpha value is -3.40. The number of rotatable bonds is 7. The number of carbonyl (C=O) groups excluding carboxylic acids is 3. The van der Waals surface area contributed by atoms with Crippen LogP contribution in [0.5, 0.6) is 5.88 Å². The second kappa shape index (κ2) is 11.1. The lowest BCUT2D eigenvalue weighted by Crippen LogP contribution is -2.33. The molecule has 1 aromatic carbocycles. The highest BCUT2D eigenvalue weighted by atomic mass is 32.2. The highest BCUT2D eigenvalue weighted by Crippen LogP contribution is 2.29. The number of likely N-dealkylation sites (tertiary alicyclic amines) is 1. The minimum atomic E-state index is -0.499. The van der Waals surface area contributed by atoms with Gasteiger partial charge in [0.05, 0.1) is 6.61 Å². The van der Waals surface area contributed by atoms with Gasteiger partial charge in [-0.05, 0) is 62.6 Å². The minimum Gasteiger partial charge on any atom is -0.476 e. The molecule has 34 heavy (non-hydrogen) atoms. The molecule has 9 nitrogen and oxygen atoms in total. The van der Waals surface area contributed by atoms with Crippen LogP contribution in [-0.4, -0.2) is 57.7 Å². The maximum Gasteiger partial charge on any atom is 0.262 e. The molecule has 0 bridgehead atoms. The number of carbonyl (C=O) groups is 3. The fourth-order valence-electron chi connectivity index (χ4n) is 3.75. The van der Waals surface area contributed by atoms with E-state index in [0.29, 0.717) is 29.4 Å². The number of hydrogen-bond acceptors (Lipinski definition) is 7. The third kappa shape index (κ3) is 5.93. The van der Waals surface area contributed by atoms with Gasteiger partial charge in [-0.1, -0.05) is 11.8 Å². The molecule has 10 heteroatoms.